The number of rotatable bonds is 5. The van der Waals surface area contributed by atoms with Crippen molar-refractivity contribution in [2.24, 2.45) is 0 Å². The number of Topliss-reactive ketones (excluding diaryl/α,β-unsaturated/α-hetero) is 1. The van der Waals surface area contributed by atoms with Crippen molar-refractivity contribution in [1.82, 2.24) is 0 Å². The average molecular weight is 291 g/mol. The molecule has 0 saturated carbocycles. The van der Waals surface area contributed by atoms with Gasteiger partial charge < -0.3 is 19.6 Å². The second-order valence-corrected chi connectivity index (χ2v) is 5.27. The summed E-state index contributed by atoms with van der Waals surface area (Å²) in [5.74, 6) is 0.0710. The fraction of sp³-hybridized carbons (Fsp3) is 0.429. The van der Waals surface area contributed by atoms with Gasteiger partial charge in [0.1, 0.15) is 11.9 Å². The number of nitrogens with zero attached hydrogens (tertiary/aromatic N) is 1. The number of carbonyl (C=O) groups excluding carboxylic acids is 2. The highest BCUT2D eigenvalue weighted by Gasteiger charge is 2.32. The third kappa shape index (κ3) is 3.62. The highest BCUT2D eigenvalue weighted by Crippen LogP contribution is 2.23. The molecule has 0 radical (unpaired) electrons. The Bertz CT molecular complexity index is 560. The van der Waals surface area contributed by atoms with Gasteiger partial charge in [-0.15, -0.1) is 0 Å². The molecule has 1 amide bonds. The number of anilines is 1. The maximum atomic E-state index is 11.9. The van der Waals surface area contributed by atoms with E-state index in [0.29, 0.717) is 36.1 Å². The van der Waals surface area contributed by atoms with Gasteiger partial charge in [-0.3, -0.25) is 4.90 Å². The van der Waals surface area contributed by atoms with Crippen LogP contribution in [0.5, 0.6) is 0 Å². The van der Waals surface area contributed by atoms with Crippen LogP contribution in [0.2, 0.25) is 0 Å². The van der Waals surface area contributed by atoms with E-state index in [4.69, 9.17) is 4.74 Å². The van der Waals surface area contributed by atoms with Crippen LogP contribution >= 0.6 is 0 Å². The third-order valence-corrected chi connectivity index (χ3v) is 3.54. The van der Waals surface area contributed by atoms with Gasteiger partial charge in [-0.05, 0) is 43.4 Å². The van der Waals surface area contributed by atoms with Gasteiger partial charge in [-0.2, -0.15) is 0 Å². The largest absolute Gasteiger partial charge is 0.488 e. The van der Waals surface area contributed by atoms with Crippen LogP contribution in [0.25, 0.3) is 0 Å². The minimum atomic E-state index is -1.53. The Morgan fingerprint density at radius 3 is 2.76 bits per heavy atom. The molecule has 1 aliphatic rings. The summed E-state index contributed by atoms with van der Waals surface area (Å²) >= 11 is 0. The monoisotopic (exact) mass is 291 g/mol. The van der Waals surface area contributed by atoms with Gasteiger partial charge in [0.25, 0.3) is 0 Å². The summed E-state index contributed by atoms with van der Waals surface area (Å²) in [4.78, 5) is 24.3. The normalized spacial score (nSPS) is 17.8. The number of aryl methyl sites for hydroxylation is 1. The fourth-order valence-electron chi connectivity index (χ4n) is 2.36. The van der Waals surface area contributed by atoms with Gasteiger partial charge in [0.2, 0.25) is 0 Å². The summed E-state index contributed by atoms with van der Waals surface area (Å²) in [6.45, 7) is 3.65. The number of amides is 1. The van der Waals surface area contributed by atoms with Crippen molar-refractivity contribution in [1.29, 1.82) is 0 Å². The maximum absolute atomic E-state index is 11.9. The Morgan fingerprint density at radius 1 is 1.48 bits per heavy atom. The third-order valence-electron chi connectivity index (χ3n) is 3.54. The van der Waals surface area contributed by atoms with Crippen LogP contribution in [0.1, 0.15) is 25.3 Å². The highest BCUT2D eigenvalue weighted by atomic mass is 16.6. The van der Waals surface area contributed by atoms with Gasteiger partial charge in [0.15, 0.2) is 0 Å². The predicted molar refractivity (Wildman–Crippen MR) is 78.5 cm³/mol. The van der Waals surface area contributed by atoms with Crippen LogP contribution in [-0.2, 0) is 9.53 Å². The molecule has 0 unspecified atom stereocenters. The molecule has 1 heterocycles. The second-order valence-electron chi connectivity index (χ2n) is 5.27. The molecule has 1 fully saturated rings. The minimum absolute atomic E-state index is 0.0710. The summed E-state index contributed by atoms with van der Waals surface area (Å²) in [6.07, 6.45) is 0.176. The molecule has 2 N–H and O–H groups in total. The van der Waals surface area contributed by atoms with Crippen molar-refractivity contribution in [3.8, 4) is 0 Å². The lowest BCUT2D eigenvalue weighted by molar-refractivity contribution is -0.117. The average Bonchev–Trinajstić information content (AvgIpc) is 2.77. The van der Waals surface area contributed by atoms with E-state index in [9.17, 15) is 19.6 Å². The van der Waals surface area contributed by atoms with Crippen molar-refractivity contribution < 1.29 is 24.4 Å². The molecular formula is C14H18BNO5. The van der Waals surface area contributed by atoms with Gasteiger partial charge >= 0.3 is 13.2 Å². The quantitative estimate of drug-likeness (QED) is 0.765. The molecule has 0 aromatic heterocycles. The van der Waals surface area contributed by atoms with E-state index >= 15 is 0 Å². The van der Waals surface area contributed by atoms with Gasteiger partial charge in [-0.1, -0.05) is 6.07 Å². The van der Waals surface area contributed by atoms with Gasteiger partial charge in [0.05, 0.1) is 6.54 Å². The zero-order valence-electron chi connectivity index (χ0n) is 12.1. The van der Waals surface area contributed by atoms with Crippen LogP contribution < -0.4 is 10.4 Å². The summed E-state index contributed by atoms with van der Waals surface area (Å²) in [5.41, 5.74) is 1.73. The summed E-state index contributed by atoms with van der Waals surface area (Å²) in [6, 6.07) is 4.94. The molecule has 6 nitrogen and oxygen atoms in total. The van der Waals surface area contributed by atoms with E-state index in [-0.39, 0.29) is 11.9 Å². The molecule has 1 saturated heterocycles. The predicted octanol–water partition coefficient (Wildman–Crippen LogP) is 0.369. The Balaban J connectivity index is 2.10. The number of ether oxygens (including phenoxy) is 1. The van der Waals surface area contributed by atoms with Gasteiger partial charge in [-0.25, -0.2) is 4.79 Å². The number of cyclic esters (lactones) is 1. The van der Waals surface area contributed by atoms with Crippen molar-refractivity contribution in [3.05, 3.63) is 23.8 Å². The minimum Gasteiger partial charge on any atom is -0.444 e. The molecule has 1 aromatic carbocycles. The van der Waals surface area contributed by atoms with E-state index in [2.05, 4.69) is 0 Å². The molecule has 21 heavy (non-hydrogen) atoms. The van der Waals surface area contributed by atoms with Crippen LogP contribution in [0.3, 0.4) is 0 Å². The fourth-order valence-corrected chi connectivity index (χ4v) is 2.36. The molecule has 0 bridgehead atoms. The lowest BCUT2D eigenvalue weighted by Crippen LogP contribution is -2.33. The summed E-state index contributed by atoms with van der Waals surface area (Å²) < 4.78 is 5.23. The first kappa shape index (κ1) is 15.5. The number of carbonyl (C=O) groups is 2. The van der Waals surface area contributed by atoms with E-state index < -0.39 is 13.2 Å². The Hall–Kier alpha value is -1.86. The molecule has 0 spiro atoms. The lowest BCUT2D eigenvalue weighted by Gasteiger charge is -2.15. The first-order chi connectivity index (χ1) is 9.88. The molecule has 1 aromatic rings. The molecule has 1 atom stereocenters. The van der Waals surface area contributed by atoms with Crippen molar-refractivity contribution in [2.75, 3.05) is 11.4 Å². The first-order valence-electron chi connectivity index (χ1n) is 6.82. The molecule has 2 rings (SSSR count). The number of hydrogen-bond donors (Lipinski definition) is 2. The molecule has 7 heteroatoms. The van der Waals surface area contributed by atoms with E-state index in [0.717, 1.165) is 0 Å². The van der Waals surface area contributed by atoms with E-state index in [1.54, 1.807) is 25.1 Å². The van der Waals surface area contributed by atoms with Crippen molar-refractivity contribution in [3.63, 3.8) is 0 Å². The molecule has 1 aliphatic heterocycles. The SMILES string of the molecule is CC(=O)CC[C@H]1CN(c2ccc(B(O)O)c(C)c2)C(=O)O1. The van der Waals surface area contributed by atoms with E-state index in [1.165, 1.54) is 11.8 Å². The lowest BCUT2D eigenvalue weighted by atomic mass is 9.77. The van der Waals surface area contributed by atoms with Crippen molar-refractivity contribution in [2.45, 2.75) is 32.8 Å². The van der Waals surface area contributed by atoms with Crippen LogP contribution in [0.15, 0.2) is 18.2 Å². The number of hydrogen-bond acceptors (Lipinski definition) is 5. The van der Waals surface area contributed by atoms with Crippen LogP contribution in [0, 0.1) is 6.92 Å². The molecule has 112 valence electrons. The first-order valence-corrected chi connectivity index (χ1v) is 6.82. The van der Waals surface area contributed by atoms with Crippen LogP contribution in [0.4, 0.5) is 10.5 Å². The standard InChI is InChI=1S/C14H18BNO5/c1-9-7-11(4-6-13(9)15(19)20)16-8-12(21-14(16)18)5-3-10(2)17/h4,6-7,12,19-20H,3,5,8H2,1-2H3/t12-/m0/s1. The maximum Gasteiger partial charge on any atom is 0.488 e. The molecular weight excluding hydrogens is 273 g/mol. The zero-order chi connectivity index (χ0) is 15.6. The van der Waals surface area contributed by atoms with Crippen molar-refractivity contribution >= 4 is 30.1 Å². The Kier molecular flexibility index (Phi) is 4.64. The Labute approximate surface area is 123 Å². The second kappa shape index (κ2) is 6.28. The van der Waals surface area contributed by atoms with Crippen LogP contribution in [-0.4, -0.2) is 41.7 Å². The number of ketones is 1. The van der Waals surface area contributed by atoms with Gasteiger partial charge in [0, 0.05) is 12.1 Å². The topological polar surface area (TPSA) is 87.1 Å². The molecule has 0 aliphatic carbocycles. The van der Waals surface area contributed by atoms with E-state index in [1.807, 2.05) is 0 Å². The number of benzene rings is 1. The highest BCUT2D eigenvalue weighted by molar-refractivity contribution is 6.59. The zero-order valence-corrected chi connectivity index (χ0v) is 12.1. The summed E-state index contributed by atoms with van der Waals surface area (Å²) in [5, 5.41) is 18.4. The Morgan fingerprint density at radius 2 is 2.19 bits per heavy atom. The smallest absolute Gasteiger partial charge is 0.444 e. The summed E-state index contributed by atoms with van der Waals surface area (Å²) in [7, 11) is -1.53.